The van der Waals surface area contributed by atoms with Gasteiger partial charge in [-0.15, -0.1) is 0 Å². The van der Waals surface area contributed by atoms with E-state index in [0.717, 1.165) is 6.42 Å². The van der Waals surface area contributed by atoms with Crippen molar-refractivity contribution in [1.29, 1.82) is 0 Å². The predicted molar refractivity (Wildman–Crippen MR) is 72.6 cm³/mol. The Morgan fingerprint density at radius 2 is 2.26 bits per heavy atom. The van der Waals surface area contributed by atoms with Gasteiger partial charge in [0.15, 0.2) is 0 Å². The first kappa shape index (κ1) is 13.7. The summed E-state index contributed by atoms with van der Waals surface area (Å²) in [5.41, 5.74) is 1.02. The summed E-state index contributed by atoms with van der Waals surface area (Å²) in [5.74, 6) is -1.44. The number of hydrogen-bond acceptors (Lipinski definition) is 2. The SMILES string of the molecule is CCCn1cc(C(=O)O)c(-c2ccc(F)cc2Br)n1. The molecule has 1 heterocycles. The molecule has 0 radical (unpaired) electrons. The average Bonchev–Trinajstić information content (AvgIpc) is 2.73. The maximum atomic E-state index is 13.1. The molecular weight excluding hydrogens is 315 g/mol. The number of carbonyl (C=O) groups is 1. The molecule has 0 spiro atoms. The predicted octanol–water partition coefficient (Wildman–Crippen LogP) is 3.56. The van der Waals surface area contributed by atoms with Crippen LogP contribution >= 0.6 is 15.9 Å². The van der Waals surface area contributed by atoms with Crippen LogP contribution in [0.2, 0.25) is 0 Å². The lowest BCUT2D eigenvalue weighted by Gasteiger charge is -2.02. The van der Waals surface area contributed by atoms with Crippen LogP contribution in [0, 0.1) is 5.82 Å². The molecule has 0 unspecified atom stereocenters. The number of nitrogens with zero attached hydrogens (tertiary/aromatic N) is 2. The van der Waals surface area contributed by atoms with E-state index >= 15 is 0 Å². The first-order valence-corrected chi connectivity index (χ1v) is 6.58. The number of aromatic carboxylic acids is 1. The van der Waals surface area contributed by atoms with Crippen molar-refractivity contribution in [2.24, 2.45) is 0 Å². The van der Waals surface area contributed by atoms with Gasteiger partial charge in [-0.05, 0) is 40.5 Å². The van der Waals surface area contributed by atoms with Crippen LogP contribution in [0.5, 0.6) is 0 Å². The Labute approximate surface area is 118 Å². The van der Waals surface area contributed by atoms with E-state index in [4.69, 9.17) is 0 Å². The molecule has 1 aromatic heterocycles. The van der Waals surface area contributed by atoms with Crippen LogP contribution in [0.1, 0.15) is 23.7 Å². The monoisotopic (exact) mass is 326 g/mol. The molecule has 0 saturated heterocycles. The number of benzene rings is 1. The summed E-state index contributed by atoms with van der Waals surface area (Å²) in [7, 11) is 0. The van der Waals surface area contributed by atoms with E-state index in [2.05, 4.69) is 21.0 Å². The van der Waals surface area contributed by atoms with Gasteiger partial charge in [-0.3, -0.25) is 4.68 Å². The van der Waals surface area contributed by atoms with Gasteiger partial charge in [0.1, 0.15) is 17.1 Å². The molecule has 100 valence electrons. The summed E-state index contributed by atoms with van der Waals surface area (Å²) in [4.78, 5) is 11.2. The lowest BCUT2D eigenvalue weighted by molar-refractivity contribution is 0.0697. The van der Waals surface area contributed by atoms with Crippen molar-refractivity contribution in [1.82, 2.24) is 9.78 Å². The van der Waals surface area contributed by atoms with Gasteiger partial charge in [0, 0.05) is 22.8 Å². The van der Waals surface area contributed by atoms with Gasteiger partial charge < -0.3 is 5.11 Å². The molecule has 2 rings (SSSR count). The van der Waals surface area contributed by atoms with Gasteiger partial charge in [0.2, 0.25) is 0 Å². The second-order valence-corrected chi connectivity index (χ2v) is 4.94. The third-order valence-corrected chi connectivity index (χ3v) is 3.29. The third kappa shape index (κ3) is 2.84. The van der Waals surface area contributed by atoms with Gasteiger partial charge in [-0.1, -0.05) is 6.92 Å². The highest BCUT2D eigenvalue weighted by molar-refractivity contribution is 9.10. The topological polar surface area (TPSA) is 55.1 Å². The smallest absolute Gasteiger partial charge is 0.339 e. The highest BCUT2D eigenvalue weighted by Crippen LogP contribution is 2.30. The second-order valence-electron chi connectivity index (χ2n) is 4.08. The molecule has 0 amide bonds. The zero-order chi connectivity index (χ0) is 14.0. The van der Waals surface area contributed by atoms with Crippen LogP contribution in [-0.4, -0.2) is 20.9 Å². The van der Waals surface area contributed by atoms with E-state index in [0.29, 0.717) is 22.3 Å². The van der Waals surface area contributed by atoms with Gasteiger partial charge in [0.05, 0.1) is 0 Å². The molecule has 1 N–H and O–H groups in total. The lowest BCUT2D eigenvalue weighted by Crippen LogP contribution is -1.97. The number of carboxylic acids is 1. The van der Waals surface area contributed by atoms with Crippen molar-refractivity contribution in [2.45, 2.75) is 19.9 Å². The van der Waals surface area contributed by atoms with Crippen molar-refractivity contribution in [3.05, 3.63) is 40.2 Å². The zero-order valence-electron chi connectivity index (χ0n) is 10.2. The van der Waals surface area contributed by atoms with Crippen molar-refractivity contribution >= 4 is 21.9 Å². The molecule has 19 heavy (non-hydrogen) atoms. The minimum atomic E-state index is -1.05. The van der Waals surface area contributed by atoms with Crippen molar-refractivity contribution in [3.63, 3.8) is 0 Å². The number of hydrogen-bond donors (Lipinski definition) is 1. The summed E-state index contributed by atoms with van der Waals surface area (Å²) in [5, 5.41) is 13.5. The molecule has 0 fully saturated rings. The summed E-state index contributed by atoms with van der Waals surface area (Å²) in [6, 6.07) is 4.09. The molecule has 1 aromatic carbocycles. The first-order valence-electron chi connectivity index (χ1n) is 5.79. The Balaban J connectivity index is 2.56. The van der Waals surface area contributed by atoms with E-state index in [-0.39, 0.29) is 11.4 Å². The molecule has 0 saturated carbocycles. The molecule has 2 aromatic rings. The van der Waals surface area contributed by atoms with Gasteiger partial charge in [-0.25, -0.2) is 9.18 Å². The number of rotatable bonds is 4. The molecule has 0 bridgehead atoms. The van der Waals surface area contributed by atoms with Crippen LogP contribution in [0.25, 0.3) is 11.3 Å². The van der Waals surface area contributed by atoms with Crippen molar-refractivity contribution in [2.75, 3.05) is 0 Å². The fourth-order valence-electron chi connectivity index (χ4n) is 1.80. The Morgan fingerprint density at radius 3 is 2.84 bits per heavy atom. The van der Waals surface area contributed by atoms with Crippen LogP contribution in [-0.2, 0) is 6.54 Å². The number of aromatic nitrogens is 2. The van der Waals surface area contributed by atoms with E-state index in [9.17, 15) is 14.3 Å². The maximum absolute atomic E-state index is 13.1. The minimum absolute atomic E-state index is 0.112. The fourth-order valence-corrected chi connectivity index (χ4v) is 2.34. The lowest BCUT2D eigenvalue weighted by atomic mass is 10.1. The van der Waals surface area contributed by atoms with E-state index in [1.807, 2.05) is 6.92 Å². The van der Waals surface area contributed by atoms with E-state index in [1.165, 1.54) is 24.4 Å². The quantitative estimate of drug-likeness (QED) is 0.934. The molecule has 0 aliphatic carbocycles. The second kappa shape index (κ2) is 5.52. The highest BCUT2D eigenvalue weighted by Gasteiger charge is 2.19. The van der Waals surface area contributed by atoms with Gasteiger partial charge >= 0.3 is 5.97 Å². The highest BCUT2D eigenvalue weighted by atomic mass is 79.9. The fraction of sp³-hybridized carbons (Fsp3) is 0.231. The first-order chi connectivity index (χ1) is 9.02. The largest absolute Gasteiger partial charge is 0.478 e. The molecular formula is C13H12BrFN2O2. The average molecular weight is 327 g/mol. The van der Waals surface area contributed by atoms with Crippen molar-refractivity contribution in [3.8, 4) is 11.3 Å². The van der Waals surface area contributed by atoms with Gasteiger partial charge in [-0.2, -0.15) is 5.10 Å². The zero-order valence-corrected chi connectivity index (χ0v) is 11.8. The molecule has 6 heteroatoms. The summed E-state index contributed by atoms with van der Waals surface area (Å²) in [6.07, 6.45) is 2.35. The van der Waals surface area contributed by atoms with E-state index < -0.39 is 5.97 Å². The Bertz CT molecular complexity index is 625. The summed E-state index contributed by atoms with van der Waals surface area (Å²) < 4.78 is 15.2. The molecule has 0 aliphatic heterocycles. The van der Waals surface area contributed by atoms with Crippen LogP contribution < -0.4 is 0 Å². The van der Waals surface area contributed by atoms with Gasteiger partial charge in [0.25, 0.3) is 0 Å². The summed E-state index contributed by atoms with van der Waals surface area (Å²) in [6.45, 7) is 2.62. The van der Waals surface area contributed by atoms with Crippen LogP contribution in [0.3, 0.4) is 0 Å². The Morgan fingerprint density at radius 1 is 1.53 bits per heavy atom. The number of halogens is 2. The minimum Gasteiger partial charge on any atom is -0.478 e. The Kier molecular flexibility index (Phi) is 3.99. The normalized spacial score (nSPS) is 10.7. The van der Waals surface area contributed by atoms with Crippen LogP contribution in [0.4, 0.5) is 4.39 Å². The Hall–Kier alpha value is -1.69. The van der Waals surface area contributed by atoms with Crippen LogP contribution in [0.15, 0.2) is 28.9 Å². The molecule has 4 nitrogen and oxygen atoms in total. The summed E-state index contributed by atoms with van der Waals surface area (Å²) >= 11 is 3.23. The molecule has 0 atom stereocenters. The maximum Gasteiger partial charge on any atom is 0.339 e. The molecule has 0 aliphatic rings. The number of aryl methyl sites for hydroxylation is 1. The van der Waals surface area contributed by atoms with Crippen molar-refractivity contribution < 1.29 is 14.3 Å². The van der Waals surface area contributed by atoms with E-state index in [1.54, 1.807) is 4.68 Å². The third-order valence-electron chi connectivity index (χ3n) is 2.63. The standard InChI is InChI=1S/C13H12BrFN2O2/c1-2-5-17-7-10(13(18)19)12(16-17)9-4-3-8(15)6-11(9)14/h3-4,6-7H,2,5H2,1H3,(H,18,19). The number of carboxylic acid groups (broad SMARTS) is 1.